The first-order valence-corrected chi connectivity index (χ1v) is 15.4. The fraction of sp³-hybridized carbons (Fsp3) is 0.400. The van der Waals surface area contributed by atoms with Gasteiger partial charge in [0.1, 0.15) is 17.5 Å². The Bertz CT molecular complexity index is 1290. The molecule has 0 aliphatic heterocycles. The highest BCUT2D eigenvalue weighted by Gasteiger charge is 2.20. The third kappa shape index (κ3) is 5.86. The quantitative estimate of drug-likeness (QED) is 0.296. The topological polar surface area (TPSA) is 75.3 Å². The zero-order valence-electron chi connectivity index (χ0n) is 20.6. The Morgan fingerprint density at radius 2 is 1.88 bits per heavy atom. The molecule has 0 unspecified atom stereocenters. The van der Waals surface area contributed by atoms with Crippen LogP contribution in [0.2, 0.25) is 30.7 Å². The number of halogens is 1. The number of hydrogen-bond donors (Lipinski definition) is 0. The molecule has 0 N–H and O–H groups in total. The van der Waals surface area contributed by atoms with E-state index >= 15 is 0 Å². The van der Waals surface area contributed by atoms with Crippen LogP contribution in [0.25, 0.3) is 11.3 Å². The van der Waals surface area contributed by atoms with Crippen LogP contribution in [0.3, 0.4) is 0 Å². The van der Waals surface area contributed by atoms with E-state index in [4.69, 9.17) is 21.1 Å². The van der Waals surface area contributed by atoms with Gasteiger partial charge in [-0.1, -0.05) is 38.2 Å². The van der Waals surface area contributed by atoms with Gasteiger partial charge in [0.15, 0.2) is 0 Å². The minimum atomic E-state index is -1.26. The van der Waals surface area contributed by atoms with Gasteiger partial charge in [-0.3, -0.25) is 9.36 Å². The molecule has 0 radical (unpaired) electrons. The summed E-state index contributed by atoms with van der Waals surface area (Å²) in [7, 11) is 0.426. The highest BCUT2D eigenvalue weighted by molar-refractivity contribution is 6.76. The van der Waals surface area contributed by atoms with E-state index in [-0.39, 0.29) is 12.3 Å². The van der Waals surface area contributed by atoms with Gasteiger partial charge in [0.05, 0.1) is 5.69 Å². The first-order valence-electron chi connectivity index (χ1n) is 11.3. The van der Waals surface area contributed by atoms with Gasteiger partial charge in [-0.15, -0.1) is 0 Å². The Morgan fingerprint density at radius 1 is 1.15 bits per heavy atom. The van der Waals surface area contributed by atoms with Gasteiger partial charge in [0, 0.05) is 39.1 Å². The molecule has 2 heterocycles. The lowest BCUT2D eigenvalue weighted by molar-refractivity contribution is 0.0805. The van der Waals surface area contributed by atoms with Gasteiger partial charge in [-0.25, -0.2) is 14.3 Å². The van der Waals surface area contributed by atoms with Crippen molar-refractivity contribution in [2.75, 3.05) is 6.61 Å². The molecule has 0 fully saturated rings. The predicted octanol–water partition coefficient (Wildman–Crippen LogP) is 5.24. The number of aryl methyl sites for hydroxylation is 1. The smallest absolute Gasteiger partial charge is 0.333 e. The van der Waals surface area contributed by atoms with E-state index < -0.39 is 13.8 Å². The van der Waals surface area contributed by atoms with Crippen LogP contribution in [0.15, 0.2) is 46.1 Å². The lowest BCUT2D eigenvalue weighted by atomic mass is 10.00. The molecule has 0 saturated carbocycles. The van der Waals surface area contributed by atoms with Crippen molar-refractivity contribution < 1.29 is 9.47 Å². The molecule has 0 amide bonds. The summed E-state index contributed by atoms with van der Waals surface area (Å²) in [6.45, 7) is 11.1. The molecule has 0 aliphatic rings. The van der Waals surface area contributed by atoms with Gasteiger partial charge in [0.25, 0.3) is 5.56 Å². The van der Waals surface area contributed by atoms with Gasteiger partial charge in [-0.2, -0.15) is 0 Å². The van der Waals surface area contributed by atoms with Gasteiger partial charge >= 0.3 is 5.69 Å². The molecule has 3 aromatic rings. The molecule has 3 rings (SSSR count). The van der Waals surface area contributed by atoms with Crippen molar-refractivity contribution >= 4 is 19.7 Å². The second-order valence-electron chi connectivity index (χ2n) is 9.47. The van der Waals surface area contributed by atoms with Crippen molar-refractivity contribution in [2.45, 2.75) is 52.7 Å². The van der Waals surface area contributed by atoms with Crippen molar-refractivity contribution in [1.29, 1.82) is 0 Å². The third-order valence-corrected chi connectivity index (χ3v) is 7.60. The zero-order valence-corrected chi connectivity index (χ0v) is 22.4. The summed E-state index contributed by atoms with van der Waals surface area (Å²) in [6, 6.07) is 9.88. The van der Waals surface area contributed by atoms with Crippen molar-refractivity contribution in [1.82, 2.24) is 14.1 Å². The maximum absolute atomic E-state index is 13.2. The summed E-state index contributed by atoms with van der Waals surface area (Å²) in [4.78, 5) is 30.5. The van der Waals surface area contributed by atoms with E-state index in [9.17, 15) is 9.59 Å². The molecule has 1 aromatic carbocycles. The Hall–Kier alpha value is -2.68. The summed E-state index contributed by atoms with van der Waals surface area (Å²) >= 11 is 6.15. The second kappa shape index (κ2) is 10.7. The van der Waals surface area contributed by atoms with Crippen molar-refractivity contribution in [3.05, 3.63) is 73.5 Å². The molecule has 9 heteroatoms. The summed E-state index contributed by atoms with van der Waals surface area (Å²) in [5.74, 6) is 0.878. The SMILES string of the molecule is CCc1c(-c2ccc(Oc3ncccc3Cl)cc2C)n(C)c(=O)n(COCC[Si](C)(C)C)c1=O. The van der Waals surface area contributed by atoms with Crippen LogP contribution in [0.5, 0.6) is 11.6 Å². The van der Waals surface area contributed by atoms with Gasteiger partial charge in [-0.05, 0) is 55.3 Å². The fourth-order valence-electron chi connectivity index (χ4n) is 3.66. The van der Waals surface area contributed by atoms with Crippen LogP contribution in [0.4, 0.5) is 0 Å². The molecule has 2 aromatic heterocycles. The van der Waals surface area contributed by atoms with E-state index in [1.165, 1.54) is 9.13 Å². The largest absolute Gasteiger partial charge is 0.438 e. The lowest BCUT2D eigenvalue weighted by Gasteiger charge is -2.19. The number of pyridine rings is 1. The number of rotatable bonds is 9. The van der Waals surface area contributed by atoms with E-state index in [2.05, 4.69) is 24.6 Å². The summed E-state index contributed by atoms with van der Waals surface area (Å²) in [6.07, 6.45) is 2.09. The average Bonchev–Trinajstić information content (AvgIpc) is 2.77. The Balaban J connectivity index is 1.96. The molecule has 0 atom stereocenters. The van der Waals surface area contributed by atoms with E-state index in [1.807, 2.05) is 26.0 Å². The molecule has 0 saturated heterocycles. The maximum Gasteiger partial charge on any atom is 0.333 e. The highest BCUT2D eigenvalue weighted by Crippen LogP contribution is 2.31. The molecular weight excluding hydrogens is 470 g/mol. The number of hydrogen-bond acceptors (Lipinski definition) is 5. The third-order valence-electron chi connectivity index (χ3n) is 5.60. The molecule has 7 nitrogen and oxygen atoms in total. The second-order valence-corrected chi connectivity index (χ2v) is 15.5. The number of ether oxygens (including phenoxy) is 2. The van der Waals surface area contributed by atoms with Crippen LogP contribution >= 0.6 is 11.6 Å². The molecule has 182 valence electrons. The van der Waals surface area contributed by atoms with Crippen LogP contribution in [0.1, 0.15) is 18.1 Å². The first-order chi connectivity index (χ1) is 16.0. The summed E-state index contributed by atoms with van der Waals surface area (Å²) < 4.78 is 14.2. The zero-order chi connectivity index (χ0) is 25.0. The Labute approximate surface area is 206 Å². The highest BCUT2D eigenvalue weighted by atomic mass is 35.5. The number of nitrogens with zero attached hydrogens (tertiary/aromatic N) is 3. The van der Waals surface area contributed by atoms with Gasteiger partial charge < -0.3 is 9.47 Å². The van der Waals surface area contributed by atoms with Crippen molar-refractivity contribution in [3.8, 4) is 22.9 Å². The average molecular weight is 502 g/mol. The molecule has 34 heavy (non-hydrogen) atoms. The minimum absolute atomic E-state index is 0.0418. The molecule has 0 aliphatic carbocycles. The van der Waals surface area contributed by atoms with Crippen LogP contribution in [-0.4, -0.2) is 28.8 Å². The molecule has 0 bridgehead atoms. The normalized spacial score (nSPS) is 11.6. The summed E-state index contributed by atoms with van der Waals surface area (Å²) in [5, 5.41) is 0.413. The van der Waals surface area contributed by atoms with Crippen LogP contribution < -0.4 is 16.0 Å². The van der Waals surface area contributed by atoms with E-state index in [0.29, 0.717) is 40.9 Å². The van der Waals surface area contributed by atoms with Crippen molar-refractivity contribution in [3.63, 3.8) is 0 Å². The standard InChI is InChI=1S/C25H32ClN3O4Si/c1-7-19-22(28(3)25(31)29(24(19)30)16-32-13-14-34(4,5)6)20-11-10-18(15-17(20)2)33-23-21(26)9-8-12-27-23/h8-12,15H,7,13-14,16H2,1-6H3. The van der Waals surface area contributed by atoms with Crippen LogP contribution in [0, 0.1) is 6.92 Å². The number of benzene rings is 1. The monoisotopic (exact) mass is 501 g/mol. The van der Waals surface area contributed by atoms with E-state index in [0.717, 1.165) is 17.2 Å². The summed E-state index contributed by atoms with van der Waals surface area (Å²) in [5.41, 5.74) is 2.12. The number of aromatic nitrogens is 3. The van der Waals surface area contributed by atoms with E-state index in [1.54, 1.807) is 31.4 Å². The maximum atomic E-state index is 13.2. The Kier molecular flexibility index (Phi) is 8.17. The molecular formula is C25H32ClN3O4Si. The first kappa shape index (κ1) is 25.9. The predicted molar refractivity (Wildman–Crippen MR) is 139 cm³/mol. The molecule has 0 spiro atoms. The van der Waals surface area contributed by atoms with Crippen molar-refractivity contribution in [2.24, 2.45) is 7.05 Å². The fourth-order valence-corrected chi connectivity index (χ4v) is 4.58. The lowest BCUT2D eigenvalue weighted by Crippen LogP contribution is -2.42. The van der Waals surface area contributed by atoms with Gasteiger partial charge in [0.2, 0.25) is 5.88 Å². The van der Waals surface area contributed by atoms with Crippen LogP contribution in [-0.2, 0) is 24.9 Å². The minimum Gasteiger partial charge on any atom is -0.438 e. The Morgan fingerprint density at radius 3 is 2.50 bits per heavy atom.